The van der Waals surface area contributed by atoms with Crippen molar-refractivity contribution >= 4 is 27.3 Å². The summed E-state index contributed by atoms with van der Waals surface area (Å²) in [7, 11) is 0. The highest BCUT2D eigenvalue weighted by Crippen LogP contribution is 2.30. The quantitative estimate of drug-likeness (QED) is 0.669. The first-order valence-corrected chi connectivity index (χ1v) is 5.16. The fourth-order valence-corrected chi connectivity index (χ4v) is 1.60. The highest BCUT2D eigenvalue weighted by molar-refractivity contribution is 9.10. The standard InChI is InChI=1S/C9H9BrN2O2/c10-8-4-3-7(11-6-1-2-6)5-9(8)12(13)14/h3-6,11H,1-2H2. The summed E-state index contributed by atoms with van der Waals surface area (Å²) in [6.07, 6.45) is 2.31. The zero-order chi connectivity index (χ0) is 10.1. The Morgan fingerprint density at radius 2 is 2.21 bits per heavy atom. The number of nitrogens with zero attached hydrogens (tertiary/aromatic N) is 1. The average Bonchev–Trinajstić information content (AvgIpc) is 2.92. The summed E-state index contributed by atoms with van der Waals surface area (Å²) in [5.74, 6) is 0. The first-order chi connectivity index (χ1) is 6.66. The lowest BCUT2D eigenvalue weighted by molar-refractivity contribution is -0.385. The molecule has 0 bridgehead atoms. The van der Waals surface area contributed by atoms with Crippen molar-refractivity contribution in [3.8, 4) is 0 Å². The predicted molar refractivity (Wildman–Crippen MR) is 57.4 cm³/mol. The maximum atomic E-state index is 10.6. The number of hydrogen-bond acceptors (Lipinski definition) is 3. The second-order valence-corrected chi connectivity index (χ2v) is 4.20. The molecule has 0 aromatic heterocycles. The van der Waals surface area contributed by atoms with Gasteiger partial charge in [0.05, 0.1) is 9.40 Å². The molecule has 0 spiro atoms. The highest BCUT2D eigenvalue weighted by Gasteiger charge is 2.22. The van der Waals surface area contributed by atoms with Crippen LogP contribution in [-0.2, 0) is 0 Å². The van der Waals surface area contributed by atoms with Gasteiger partial charge in [-0.3, -0.25) is 10.1 Å². The molecule has 1 aromatic carbocycles. The number of nitrogens with one attached hydrogen (secondary N) is 1. The van der Waals surface area contributed by atoms with Crippen LogP contribution >= 0.6 is 15.9 Å². The van der Waals surface area contributed by atoms with Crippen molar-refractivity contribution in [3.63, 3.8) is 0 Å². The van der Waals surface area contributed by atoms with Crippen molar-refractivity contribution in [2.75, 3.05) is 5.32 Å². The second kappa shape index (κ2) is 3.57. The SMILES string of the molecule is O=[N+]([O-])c1cc(NC2CC2)ccc1Br. The summed E-state index contributed by atoms with van der Waals surface area (Å²) >= 11 is 3.14. The van der Waals surface area contributed by atoms with Crippen LogP contribution in [0.2, 0.25) is 0 Å². The maximum Gasteiger partial charge on any atom is 0.285 e. The summed E-state index contributed by atoms with van der Waals surface area (Å²) in [4.78, 5) is 10.2. The summed E-state index contributed by atoms with van der Waals surface area (Å²) in [5, 5.41) is 13.8. The molecule has 0 amide bonds. The Labute approximate surface area is 89.6 Å². The molecule has 1 aliphatic rings. The van der Waals surface area contributed by atoms with E-state index in [4.69, 9.17) is 0 Å². The van der Waals surface area contributed by atoms with Crippen LogP contribution < -0.4 is 5.32 Å². The second-order valence-electron chi connectivity index (χ2n) is 3.34. The Morgan fingerprint density at radius 1 is 1.50 bits per heavy atom. The number of nitro groups is 1. The molecule has 5 heteroatoms. The van der Waals surface area contributed by atoms with Gasteiger partial charge in [0.25, 0.3) is 5.69 Å². The Hall–Kier alpha value is -1.10. The Bertz CT molecular complexity index is 377. The van der Waals surface area contributed by atoms with Crippen molar-refractivity contribution in [2.45, 2.75) is 18.9 Å². The van der Waals surface area contributed by atoms with Gasteiger partial charge in [0.1, 0.15) is 0 Å². The monoisotopic (exact) mass is 256 g/mol. The van der Waals surface area contributed by atoms with E-state index in [9.17, 15) is 10.1 Å². The van der Waals surface area contributed by atoms with Gasteiger partial charge in [-0.05, 0) is 40.9 Å². The molecule has 14 heavy (non-hydrogen) atoms. The molecular formula is C9H9BrN2O2. The molecule has 0 heterocycles. The number of hydrogen-bond donors (Lipinski definition) is 1. The minimum Gasteiger partial charge on any atom is -0.382 e. The zero-order valence-corrected chi connectivity index (χ0v) is 8.95. The highest BCUT2D eigenvalue weighted by atomic mass is 79.9. The fraction of sp³-hybridized carbons (Fsp3) is 0.333. The van der Waals surface area contributed by atoms with Crippen molar-refractivity contribution in [1.29, 1.82) is 0 Å². The van der Waals surface area contributed by atoms with Gasteiger partial charge in [0.15, 0.2) is 0 Å². The van der Waals surface area contributed by atoms with Crippen LogP contribution in [0.4, 0.5) is 11.4 Å². The van der Waals surface area contributed by atoms with Crippen molar-refractivity contribution in [2.24, 2.45) is 0 Å². The van der Waals surface area contributed by atoms with Crippen LogP contribution in [0.5, 0.6) is 0 Å². The molecule has 1 fully saturated rings. The van der Waals surface area contributed by atoms with Gasteiger partial charge in [0, 0.05) is 17.8 Å². The van der Waals surface area contributed by atoms with Crippen LogP contribution in [0, 0.1) is 10.1 Å². The van der Waals surface area contributed by atoms with E-state index in [1.54, 1.807) is 12.1 Å². The Morgan fingerprint density at radius 3 is 2.79 bits per heavy atom. The molecule has 2 rings (SSSR count). The average molecular weight is 257 g/mol. The largest absolute Gasteiger partial charge is 0.382 e. The van der Waals surface area contributed by atoms with Crippen LogP contribution in [0.25, 0.3) is 0 Å². The van der Waals surface area contributed by atoms with Gasteiger partial charge in [0.2, 0.25) is 0 Å². The van der Waals surface area contributed by atoms with Gasteiger partial charge in [-0.25, -0.2) is 0 Å². The van der Waals surface area contributed by atoms with Crippen LogP contribution in [0.15, 0.2) is 22.7 Å². The Kier molecular flexibility index (Phi) is 2.41. The van der Waals surface area contributed by atoms with E-state index < -0.39 is 0 Å². The van der Waals surface area contributed by atoms with Gasteiger partial charge >= 0.3 is 0 Å². The third kappa shape index (κ3) is 2.04. The molecule has 0 unspecified atom stereocenters. The van der Waals surface area contributed by atoms with E-state index in [0.29, 0.717) is 10.5 Å². The normalized spacial score (nSPS) is 15.2. The molecule has 1 aromatic rings. The number of halogens is 1. The van der Waals surface area contributed by atoms with E-state index in [1.165, 1.54) is 0 Å². The molecule has 74 valence electrons. The summed E-state index contributed by atoms with van der Waals surface area (Å²) in [5.41, 5.74) is 0.929. The van der Waals surface area contributed by atoms with E-state index in [0.717, 1.165) is 18.5 Å². The number of benzene rings is 1. The first-order valence-electron chi connectivity index (χ1n) is 4.37. The van der Waals surface area contributed by atoms with Crippen LogP contribution in [0.1, 0.15) is 12.8 Å². The van der Waals surface area contributed by atoms with E-state index in [1.807, 2.05) is 6.07 Å². The molecule has 1 saturated carbocycles. The lowest BCUT2D eigenvalue weighted by Gasteiger charge is -2.04. The molecule has 1 aliphatic carbocycles. The molecule has 0 saturated heterocycles. The summed E-state index contributed by atoms with van der Waals surface area (Å²) < 4.78 is 0.517. The molecule has 0 aliphatic heterocycles. The molecular weight excluding hydrogens is 248 g/mol. The van der Waals surface area contributed by atoms with Crippen molar-refractivity contribution < 1.29 is 4.92 Å². The molecule has 0 radical (unpaired) electrons. The number of nitro benzene ring substituents is 1. The topological polar surface area (TPSA) is 55.2 Å². The van der Waals surface area contributed by atoms with E-state index >= 15 is 0 Å². The lowest BCUT2D eigenvalue weighted by atomic mass is 10.3. The van der Waals surface area contributed by atoms with Gasteiger partial charge in [-0.2, -0.15) is 0 Å². The summed E-state index contributed by atoms with van der Waals surface area (Å²) in [6, 6.07) is 5.61. The fourth-order valence-electron chi connectivity index (χ4n) is 1.21. The number of anilines is 1. The summed E-state index contributed by atoms with van der Waals surface area (Å²) in [6.45, 7) is 0. The van der Waals surface area contributed by atoms with Crippen molar-refractivity contribution in [3.05, 3.63) is 32.8 Å². The van der Waals surface area contributed by atoms with Crippen LogP contribution in [-0.4, -0.2) is 11.0 Å². The van der Waals surface area contributed by atoms with E-state index in [2.05, 4.69) is 21.2 Å². The lowest BCUT2D eigenvalue weighted by Crippen LogP contribution is -2.01. The maximum absolute atomic E-state index is 10.6. The smallest absolute Gasteiger partial charge is 0.285 e. The zero-order valence-electron chi connectivity index (χ0n) is 7.37. The molecule has 1 N–H and O–H groups in total. The predicted octanol–water partition coefficient (Wildman–Crippen LogP) is 2.93. The van der Waals surface area contributed by atoms with Gasteiger partial charge < -0.3 is 5.32 Å². The molecule has 0 atom stereocenters. The minimum atomic E-state index is -0.387. The first kappa shape index (κ1) is 9.45. The number of rotatable bonds is 3. The Balaban J connectivity index is 2.24. The van der Waals surface area contributed by atoms with Gasteiger partial charge in [-0.15, -0.1) is 0 Å². The van der Waals surface area contributed by atoms with Gasteiger partial charge in [-0.1, -0.05) is 0 Å². The van der Waals surface area contributed by atoms with Crippen LogP contribution in [0.3, 0.4) is 0 Å². The third-order valence-electron chi connectivity index (χ3n) is 2.09. The van der Waals surface area contributed by atoms with E-state index in [-0.39, 0.29) is 10.6 Å². The third-order valence-corrected chi connectivity index (χ3v) is 2.76. The minimum absolute atomic E-state index is 0.107. The van der Waals surface area contributed by atoms with Crippen molar-refractivity contribution in [1.82, 2.24) is 0 Å². The molecule has 4 nitrogen and oxygen atoms in total.